The molecule has 0 unspecified atom stereocenters. The Morgan fingerprint density at radius 3 is 1.33 bits per heavy atom. The molecule has 0 aliphatic carbocycles. The number of rotatable bonds is 10. The van der Waals surface area contributed by atoms with Crippen molar-refractivity contribution in [3.05, 3.63) is 69.9 Å². The van der Waals surface area contributed by atoms with Gasteiger partial charge < -0.3 is 21.7 Å². The first-order valence-corrected chi connectivity index (χ1v) is 15.5. The van der Waals surface area contributed by atoms with Crippen LogP contribution in [0.5, 0.6) is 0 Å². The van der Waals surface area contributed by atoms with Crippen LogP contribution < -0.4 is 11.5 Å². The lowest BCUT2D eigenvalue weighted by Gasteiger charge is -2.07. The van der Waals surface area contributed by atoms with E-state index in [-0.39, 0.29) is 23.1 Å². The van der Waals surface area contributed by atoms with E-state index < -0.39 is 24.0 Å². The Morgan fingerprint density at radius 2 is 1.00 bits per heavy atom. The van der Waals surface area contributed by atoms with Gasteiger partial charge in [0.25, 0.3) is 0 Å². The molecule has 5 rings (SSSR count). The predicted octanol–water partition coefficient (Wildman–Crippen LogP) is 6.85. The molecule has 6 N–H and O–H groups in total. The highest BCUT2D eigenvalue weighted by atomic mass is 32.1. The molecule has 0 saturated carbocycles. The van der Waals surface area contributed by atoms with Gasteiger partial charge in [0.2, 0.25) is 0 Å². The van der Waals surface area contributed by atoms with Crippen molar-refractivity contribution in [3.63, 3.8) is 0 Å². The Hall–Kier alpha value is -2.78. The normalized spacial score (nSPS) is 13.0. The number of hydrogen-bond acceptors (Lipinski definition) is 9. The second-order valence-electron chi connectivity index (χ2n) is 8.60. The molecule has 0 fully saturated rings. The first kappa shape index (κ1) is 27.8. The van der Waals surface area contributed by atoms with E-state index in [4.69, 9.17) is 11.5 Å². The molecule has 5 aromatic rings. The molecule has 0 radical (unpaired) electrons. The zero-order chi connectivity index (χ0) is 27.8. The minimum atomic E-state index is -1.11. The van der Waals surface area contributed by atoms with Gasteiger partial charge in [0.05, 0.1) is 0 Å². The summed E-state index contributed by atoms with van der Waals surface area (Å²) in [5.74, 6) is -2.23. The third kappa shape index (κ3) is 6.04. The third-order valence-corrected chi connectivity index (χ3v) is 11.8. The summed E-state index contributed by atoms with van der Waals surface area (Å²) in [5, 5.41) is 18.1. The third-order valence-electron chi connectivity index (χ3n) is 5.82. The van der Waals surface area contributed by atoms with Crippen molar-refractivity contribution in [2.75, 3.05) is 0 Å². The lowest BCUT2D eigenvalue weighted by atomic mass is 10.1. The molecule has 0 amide bonds. The van der Waals surface area contributed by atoms with Crippen molar-refractivity contribution in [1.29, 1.82) is 0 Å². The van der Waals surface area contributed by atoms with Gasteiger partial charge in [-0.05, 0) is 72.5 Å². The fourth-order valence-electron chi connectivity index (χ4n) is 3.94. The molecule has 0 saturated heterocycles. The smallest absolute Gasteiger partial charge is 0.320 e. The summed E-state index contributed by atoms with van der Waals surface area (Å²) in [5.41, 5.74) is 13.2. The van der Waals surface area contributed by atoms with E-state index in [0.717, 1.165) is 72.8 Å². The van der Waals surface area contributed by atoms with Crippen LogP contribution in [0.15, 0.2) is 48.5 Å². The van der Waals surface area contributed by atoms with E-state index in [0.29, 0.717) is 0 Å². The van der Waals surface area contributed by atoms with E-state index in [1.54, 1.807) is 12.1 Å². The first-order chi connectivity index (χ1) is 18.6. The minimum absolute atomic E-state index is 0.105. The lowest BCUT2D eigenvalue weighted by molar-refractivity contribution is -0.139. The van der Waals surface area contributed by atoms with Crippen molar-refractivity contribution in [2.45, 2.75) is 24.9 Å². The highest BCUT2D eigenvalue weighted by Gasteiger charge is 2.23. The number of carbonyl (C=O) groups is 2. The maximum absolute atomic E-state index is 13.7. The molecule has 0 aliphatic rings. The van der Waals surface area contributed by atoms with Crippen molar-refractivity contribution in [2.24, 2.45) is 11.5 Å². The van der Waals surface area contributed by atoms with Crippen molar-refractivity contribution in [1.82, 2.24) is 0 Å². The number of nitrogens with two attached hydrogens (primary N) is 2. The zero-order valence-electron chi connectivity index (χ0n) is 19.9. The molecular weight excluding hydrogens is 603 g/mol. The van der Waals surface area contributed by atoms with Crippen LogP contribution in [0.3, 0.4) is 0 Å². The maximum atomic E-state index is 13.7. The number of thiophene rings is 5. The average Bonchev–Trinajstić information content (AvgIpc) is 3.69. The molecule has 2 atom stereocenters. The summed E-state index contributed by atoms with van der Waals surface area (Å²) in [6, 6.07) is 11.5. The molecule has 5 aromatic heterocycles. The standard InChI is InChI=1S/C26H20F2N2O4S5/c27-21-5-3-15(36-21)19-9-11(7-13(29)25(31)32)23(38-19)17-1-2-18(35-17)24-12(8-14(30)26(33)34)10-20(39-24)16-4-6-22(28)37-16/h1-6,9-10,13-14H,7-8,29-30H2,(H,31,32)(H,33,34)/t13-,14+. The second-order valence-corrected chi connectivity index (χ2v) is 13.9. The van der Waals surface area contributed by atoms with E-state index >= 15 is 0 Å². The number of hydrogen-bond donors (Lipinski definition) is 4. The van der Waals surface area contributed by atoms with Crippen LogP contribution >= 0.6 is 56.7 Å². The molecule has 13 heteroatoms. The van der Waals surface area contributed by atoms with E-state index in [1.807, 2.05) is 24.3 Å². The van der Waals surface area contributed by atoms with Crippen LogP contribution in [0.1, 0.15) is 11.1 Å². The number of halogens is 2. The zero-order valence-corrected chi connectivity index (χ0v) is 23.9. The van der Waals surface area contributed by atoms with Gasteiger partial charge in [0, 0.05) is 39.0 Å². The Balaban J connectivity index is 1.56. The van der Waals surface area contributed by atoms with Crippen LogP contribution in [-0.2, 0) is 22.4 Å². The molecule has 202 valence electrons. The largest absolute Gasteiger partial charge is 0.480 e. The molecule has 0 spiro atoms. The second kappa shape index (κ2) is 11.4. The first-order valence-electron chi connectivity index (χ1n) is 11.4. The number of aliphatic carboxylic acids is 2. The highest BCUT2D eigenvalue weighted by Crippen LogP contribution is 2.48. The maximum Gasteiger partial charge on any atom is 0.320 e. The summed E-state index contributed by atoms with van der Waals surface area (Å²) in [7, 11) is 0. The van der Waals surface area contributed by atoms with Gasteiger partial charge in [-0.15, -0.1) is 56.7 Å². The van der Waals surface area contributed by atoms with E-state index in [1.165, 1.54) is 46.1 Å². The summed E-state index contributed by atoms with van der Waals surface area (Å²) in [6.45, 7) is 0. The van der Waals surface area contributed by atoms with Gasteiger partial charge in [0.15, 0.2) is 10.3 Å². The van der Waals surface area contributed by atoms with Gasteiger partial charge in [-0.25, -0.2) is 0 Å². The molecule has 0 aliphatic heterocycles. The van der Waals surface area contributed by atoms with Gasteiger partial charge in [-0.2, -0.15) is 8.78 Å². The van der Waals surface area contributed by atoms with Gasteiger partial charge >= 0.3 is 11.9 Å². The highest BCUT2D eigenvalue weighted by molar-refractivity contribution is 7.29. The van der Waals surface area contributed by atoms with Gasteiger partial charge in [0.1, 0.15) is 12.1 Å². The SMILES string of the molecule is N[C@H](Cc1cc(-c2ccc(F)s2)sc1-c1ccc(-c2sc(-c3ccc(F)s3)cc2C[C@H](N)C(=O)O)s1)C(=O)O. The van der Waals surface area contributed by atoms with Crippen LogP contribution in [0, 0.1) is 10.3 Å². The Bertz CT molecular complexity index is 1540. The Kier molecular flexibility index (Phi) is 8.10. The molecule has 39 heavy (non-hydrogen) atoms. The van der Waals surface area contributed by atoms with Crippen molar-refractivity contribution >= 4 is 68.6 Å². The number of carboxylic acids is 2. The van der Waals surface area contributed by atoms with Crippen LogP contribution in [0.25, 0.3) is 39.0 Å². The van der Waals surface area contributed by atoms with Crippen LogP contribution in [0.4, 0.5) is 8.78 Å². The fraction of sp³-hybridized carbons (Fsp3) is 0.154. The van der Waals surface area contributed by atoms with Gasteiger partial charge in [-0.3, -0.25) is 9.59 Å². The van der Waals surface area contributed by atoms with Crippen molar-refractivity contribution in [3.8, 4) is 39.0 Å². The molecule has 5 heterocycles. The van der Waals surface area contributed by atoms with E-state index in [9.17, 15) is 28.6 Å². The minimum Gasteiger partial charge on any atom is -0.480 e. The fourth-order valence-corrected chi connectivity index (χ4v) is 9.25. The Labute approximate surface area is 241 Å². The topological polar surface area (TPSA) is 127 Å². The molecular formula is C26H20F2N2O4S5. The molecule has 0 aromatic carbocycles. The van der Waals surface area contributed by atoms with Crippen molar-refractivity contribution < 1.29 is 28.6 Å². The van der Waals surface area contributed by atoms with Crippen LogP contribution in [0.2, 0.25) is 0 Å². The predicted molar refractivity (Wildman–Crippen MR) is 156 cm³/mol. The summed E-state index contributed by atoms with van der Waals surface area (Å²) < 4.78 is 27.4. The molecule has 0 bridgehead atoms. The average molecular weight is 623 g/mol. The molecule has 6 nitrogen and oxygen atoms in total. The van der Waals surface area contributed by atoms with Crippen LogP contribution in [-0.4, -0.2) is 34.2 Å². The summed E-state index contributed by atoms with van der Waals surface area (Å²) in [6.07, 6.45) is 0.210. The summed E-state index contributed by atoms with van der Waals surface area (Å²) >= 11 is 6.37. The Morgan fingerprint density at radius 1 is 0.615 bits per heavy atom. The van der Waals surface area contributed by atoms with E-state index in [2.05, 4.69) is 0 Å². The summed E-state index contributed by atoms with van der Waals surface area (Å²) in [4.78, 5) is 29.5. The monoisotopic (exact) mass is 622 g/mol. The quantitative estimate of drug-likeness (QED) is 0.135. The number of carboxylic acid groups (broad SMARTS) is 2. The lowest BCUT2D eigenvalue weighted by Crippen LogP contribution is -2.32. The van der Waals surface area contributed by atoms with Gasteiger partial charge in [-0.1, -0.05) is 0 Å².